The molecule has 3 fully saturated rings. The van der Waals surface area contributed by atoms with Crippen LogP contribution in [0.3, 0.4) is 0 Å². The van der Waals surface area contributed by atoms with Crippen LogP contribution < -0.4 is 16.0 Å². The molecule has 1 saturated heterocycles. The van der Waals surface area contributed by atoms with Crippen molar-refractivity contribution in [3.05, 3.63) is 66.2 Å². The molecule has 3 aliphatic rings. The summed E-state index contributed by atoms with van der Waals surface area (Å²) in [6, 6.07) is 13.3. The van der Waals surface area contributed by atoms with Gasteiger partial charge in [-0.1, -0.05) is 12.1 Å². The number of nitrogens with two attached hydrogens (primary N) is 1. The molecule has 1 aromatic carbocycles. The first-order valence-electron chi connectivity index (χ1n) is 14.2. The van der Waals surface area contributed by atoms with E-state index in [1.54, 1.807) is 4.68 Å². The molecule has 7 rings (SSSR count). The van der Waals surface area contributed by atoms with Crippen LogP contribution in [0.15, 0.2) is 55.0 Å². The monoisotopic (exact) mass is 523 g/mol. The summed E-state index contributed by atoms with van der Waals surface area (Å²) < 4.78 is 1.73. The quantitative estimate of drug-likeness (QED) is 0.336. The van der Waals surface area contributed by atoms with Gasteiger partial charge in [0.1, 0.15) is 11.6 Å². The summed E-state index contributed by atoms with van der Waals surface area (Å²) in [5.41, 5.74) is 10.7. The van der Waals surface area contributed by atoms with Gasteiger partial charge in [0.2, 0.25) is 0 Å². The van der Waals surface area contributed by atoms with Crippen LogP contribution in [0.4, 0.5) is 11.6 Å². The van der Waals surface area contributed by atoms with Crippen LogP contribution in [-0.4, -0.2) is 44.0 Å². The minimum Gasteiger partial charge on any atom is -0.390 e. The van der Waals surface area contributed by atoms with Gasteiger partial charge < -0.3 is 21.1 Å². The summed E-state index contributed by atoms with van der Waals surface area (Å²) in [4.78, 5) is 12.0. The van der Waals surface area contributed by atoms with E-state index in [0.29, 0.717) is 11.5 Å². The van der Waals surface area contributed by atoms with Gasteiger partial charge in [0.15, 0.2) is 0 Å². The molecule has 1 atom stereocenters. The summed E-state index contributed by atoms with van der Waals surface area (Å²) in [7, 11) is 1.86. The van der Waals surface area contributed by atoms with E-state index in [2.05, 4.69) is 51.7 Å². The van der Waals surface area contributed by atoms with E-state index >= 15 is 0 Å². The van der Waals surface area contributed by atoms with Crippen molar-refractivity contribution in [1.29, 1.82) is 0 Å². The van der Waals surface area contributed by atoms with Gasteiger partial charge in [0.25, 0.3) is 0 Å². The van der Waals surface area contributed by atoms with Gasteiger partial charge in [-0.2, -0.15) is 5.10 Å². The number of pyridine rings is 2. The van der Waals surface area contributed by atoms with Crippen molar-refractivity contribution < 1.29 is 5.11 Å². The van der Waals surface area contributed by atoms with Crippen LogP contribution in [0, 0.1) is 5.41 Å². The Hall–Kier alpha value is -3.49. The normalized spacial score (nSPS) is 21.5. The maximum absolute atomic E-state index is 9.82. The lowest BCUT2D eigenvalue weighted by Gasteiger charge is -2.40. The number of nitrogens with one attached hydrogen (secondary N) is 1. The number of aliphatic hydroxyl groups is 1. The van der Waals surface area contributed by atoms with Crippen LogP contribution in [0.2, 0.25) is 0 Å². The highest BCUT2D eigenvalue weighted by Crippen LogP contribution is 2.50. The van der Waals surface area contributed by atoms with Crippen LogP contribution in [0.5, 0.6) is 0 Å². The van der Waals surface area contributed by atoms with Gasteiger partial charge >= 0.3 is 0 Å². The number of aliphatic hydroxyl groups excluding tert-OH is 1. The molecule has 8 nitrogen and oxygen atoms in total. The lowest BCUT2D eigenvalue weighted by atomic mass is 9.77. The van der Waals surface area contributed by atoms with Crippen molar-refractivity contribution >= 4 is 22.4 Å². The highest BCUT2D eigenvalue weighted by atomic mass is 16.3. The number of piperidine rings is 1. The number of hydrogen-bond acceptors (Lipinski definition) is 7. The highest BCUT2D eigenvalue weighted by Gasteiger charge is 2.45. The zero-order valence-corrected chi connectivity index (χ0v) is 22.6. The molecule has 4 aromatic rings. The van der Waals surface area contributed by atoms with Crippen molar-refractivity contribution in [2.24, 2.45) is 18.2 Å². The summed E-state index contributed by atoms with van der Waals surface area (Å²) >= 11 is 0. The first kappa shape index (κ1) is 24.5. The van der Waals surface area contributed by atoms with E-state index < -0.39 is 0 Å². The van der Waals surface area contributed by atoms with Gasteiger partial charge in [0, 0.05) is 49.5 Å². The van der Waals surface area contributed by atoms with E-state index in [9.17, 15) is 5.11 Å². The molecule has 1 aliphatic heterocycles. The molecular weight excluding hydrogens is 486 g/mol. The number of nitrogens with zero attached hydrogens (tertiary/aromatic N) is 5. The van der Waals surface area contributed by atoms with Gasteiger partial charge in [-0.15, -0.1) is 0 Å². The fourth-order valence-corrected chi connectivity index (χ4v) is 6.93. The molecule has 3 aromatic heterocycles. The SMILES string of the molecule is Cn1ncc(-c2ccc3cnc(NC4(c5ccnc(N6CCC7(CC[C@H](N)C7)CC6)c5)CC4)cc3c2)c1CO. The van der Waals surface area contributed by atoms with Crippen molar-refractivity contribution in [2.45, 2.75) is 63.1 Å². The summed E-state index contributed by atoms with van der Waals surface area (Å²) in [6.07, 6.45) is 14.0. The molecule has 4 heterocycles. The number of rotatable bonds is 6. The third-order valence-electron chi connectivity index (χ3n) is 9.55. The first-order chi connectivity index (χ1) is 19.0. The van der Waals surface area contributed by atoms with E-state index in [1.807, 2.05) is 25.6 Å². The Morgan fingerprint density at radius 1 is 1.00 bits per heavy atom. The van der Waals surface area contributed by atoms with E-state index in [1.165, 1.54) is 37.7 Å². The number of aromatic nitrogens is 4. The van der Waals surface area contributed by atoms with Gasteiger partial charge in [-0.25, -0.2) is 9.97 Å². The van der Waals surface area contributed by atoms with Crippen LogP contribution in [-0.2, 0) is 19.2 Å². The third-order valence-corrected chi connectivity index (χ3v) is 9.55. The Kier molecular flexibility index (Phi) is 5.86. The topological polar surface area (TPSA) is 105 Å². The first-order valence-corrected chi connectivity index (χ1v) is 14.2. The average Bonchev–Trinajstić information content (AvgIpc) is 3.51. The standard InChI is InChI=1S/C31H37N7O/c1-37-27(20-39)26(19-35-37)21-2-3-22-18-34-28(15-23(22)14-21)36-31(7-8-31)24-5-11-33-29(16-24)38-12-9-30(10-13-38)6-4-25(32)17-30/h2-3,5,11,14-16,18-19,25,39H,4,6-10,12-13,17,20,32H2,1H3,(H,34,36)/t25-/m0/s1. The molecule has 8 heteroatoms. The van der Waals surface area contributed by atoms with Gasteiger partial charge in [-0.05, 0) is 91.1 Å². The molecule has 39 heavy (non-hydrogen) atoms. The Morgan fingerprint density at radius 3 is 2.59 bits per heavy atom. The molecule has 0 bridgehead atoms. The predicted molar refractivity (Wildman–Crippen MR) is 154 cm³/mol. The predicted octanol–water partition coefficient (Wildman–Crippen LogP) is 4.72. The molecule has 4 N–H and O–H groups in total. The fourth-order valence-electron chi connectivity index (χ4n) is 6.93. The molecule has 0 radical (unpaired) electrons. The van der Waals surface area contributed by atoms with Crippen LogP contribution in [0.1, 0.15) is 56.2 Å². The summed E-state index contributed by atoms with van der Waals surface area (Å²) in [5, 5.41) is 20.1. The molecule has 0 unspecified atom stereocenters. The molecule has 202 valence electrons. The van der Waals surface area contributed by atoms with Crippen molar-refractivity contribution in [3.8, 4) is 11.1 Å². The second kappa shape index (κ2) is 9.31. The Bertz CT molecular complexity index is 1520. The average molecular weight is 524 g/mol. The molecular formula is C31H37N7O. The summed E-state index contributed by atoms with van der Waals surface area (Å²) in [6.45, 7) is 2.08. The van der Waals surface area contributed by atoms with Crippen LogP contribution >= 0.6 is 0 Å². The molecule has 1 spiro atoms. The smallest absolute Gasteiger partial charge is 0.128 e. The molecule has 0 amide bonds. The van der Waals surface area contributed by atoms with Crippen molar-refractivity contribution in [2.75, 3.05) is 23.3 Å². The Balaban J connectivity index is 1.11. The lowest BCUT2D eigenvalue weighted by Crippen LogP contribution is -2.40. The fraction of sp³-hybridized carbons (Fsp3) is 0.452. The maximum atomic E-state index is 9.82. The maximum Gasteiger partial charge on any atom is 0.128 e. The number of benzene rings is 1. The van der Waals surface area contributed by atoms with Crippen LogP contribution in [0.25, 0.3) is 21.9 Å². The minimum absolute atomic E-state index is 0.0457. The Morgan fingerprint density at radius 2 is 1.85 bits per heavy atom. The molecule has 2 saturated carbocycles. The highest BCUT2D eigenvalue weighted by molar-refractivity contribution is 5.88. The lowest BCUT2D eigenvalue weighted by molar-refractivity contribution is 0.223. The van der Waals surface area contributed by atoms with Gasteiger partial charge in [0.05, 0.1) is 24.0 Å². The zero-order chi connectivity index (χ0) is 26.6. The largest absolute Gasteiger partial charge is 0.390 e. The second-order valence-electron chi connectivity index (χ2n) is 12.0. The molecule has 2 aliphatic carbocycles. The van der Waals surface area contributed by atoms with E-state index in [0.717, 1.165) is 65.2 Å². The van der Waals surface area contributed by atoms with Gasteiger partial charge in [-0.3, -0.25) is 4.68 Å². The summed E-state index contributed by atoms with van der Waals surface area (Å²) in [5.74, 6) is 1.96. The number of anilines is 2. The third kappa shape index (κ3) is 4.45. The van der Waals surface area contributed by atoms with Crippen molar-refractivity contribution in [1.82, 2.24) is 19.7 Å². The second-order valence-corrected chi connectivity index (χ2v) is 12.0. The zero-order valence-electron chi connectivity index (χ0n) is 22.6. The van der Waals surface area contributed by atoms with E-state index in [-0.39, 0.29) is 12.1 Å². The number of hydrogen-bond donors (Lipinski definition) is 3. The number of aryl methyl sites for hydroxylation is 1. The minimum atomic E-state index is -0.0986. The Labute approximate surface area is 229 Å². The van der Waals surface area contributed by atoms with Crippen molar-refractivity contribution in [3.63, 3.8) is 0 Å². The van der Waals surface area contributed by atoms with E-state index in [4.69, 9.17) is 15.7 Å². The number of fused-ring (bicyclic) bond motifs is 1.